The predicted octanol–water partition coefficient (Wildman–Crippen LogP) is 4.36. The van der Waals surface area contributed by atoms with Gasteiger partial charge in [-0.2, -0.15) is 0 Å². The fraction of sp³-hybridized carbons (Fsp3) is 0.348. The third-order valence-corrected chi connectivity index (χ3v) is 5.88. The summed E-state index contributed by atoms with van der Waals surface area (Å²) in [6, 6.07) is 13.6. The summed E-state index contributed by atoms with van der Waals surface area (Å²) >= 11 is 1.57. The SMILES string of the molecule is CCOC(=O)CCC(=O)Nc1cccc([C@@H]2SCC(=O)N2c2cc(C)cc(C)c2)c1. The third-order valence-electron chi connectivity index (χ3n) is 4.67. The van der Waals surface area contributed by atoms with Gasteiger partial charge in [0.15, 0.2) is 0 Å². The number of hydrogen-bond donors (Lipinski definition) is 1. The second kappa shape index (κ2) is 9.80. The molecule has 7 heteroatoms. The number of benzene rings is 2. The lowest BCUT2D eigenvalue weighted by atomic mass is 10.1. The van der Waals surface area contributed by atoms with Gasteiger partial charge in [-0.25, -0.2) is 0 Å². The Morgan fingerprint density at radius 2 is 1.87 bits per heavy atom. The third kappa shape index (κ3) is 5.42. The van der Waals surface area contributed by atoms with E-state index in [2.05, 4.69) is 11.4 Å². The molecule has 1 atom stereocenters. The Bertz CT molecular complexity index is 940. The molecular weight excluding hydrogens is 400 g/mol. The zero-order valence-corrected chi connectivity index (χ0v) is 18.3. The van der Waals surface area contributed by atoms with Crippen LogP contribution < -0.4 is 10.2 Å². The van der Waals surface area contributed by atoms with Crippen LogP contribution in [-0.2, 0) is 19.1 Å². The van der Waals surface area contributed by atoms with Crippen molar-refractivity contribution in [2.45, 2.75) is 39.0 Å². The number of nitrogens with one attached hydrogen (secondary N) is 1. The van der Waals surface area contributed by atoms with Gasteiger partial charge in [-0.3, -0.25) is 19.3 Å². The molecule has 1 saturated heterocycles. The fourth-order valence-electron chi connectivity index (χ4n) is 3.48. The van der Waals surface area contributed by atoms with Crippen LogP contribution in [0.3, 0.4) is 0 Å². The van der Waals surface area contributed by atoms with E-state index in [1.165, 1.54) is 0 Å². The predicted molar refractivity (Wildman–Crippen MR) is 120 cm³/mol. The van der Waals surface area contributed by atoms with E-state index < -0.39 is 0 Å². The van der Waals surface area contributed by atoms with E-state index in [9.17, 15) is 14.4 Å². The topological polar surface area (TPSA) is 75.7 Å². The lowest BCUT2D eigenvalue weighted by molar-refractivity contribution is -0.144. The highest BCUT2D eigenvalue weighted by Gasteiger charge is 2.34. The molecule has 2 aromatic rings. The summed E-state index contributed by atoms with van der Waals surface area (Å²) in [4.78, 5) is 38.1. The molecule has 6 nitrogen and oxygen atoms in total. The molecule has 0 unspecified atom stereocenters. The van der Waals surface area contributed by atoms with Crippen LogP contribution in [0.5, 0.6) is 0 Å². The standard InChI is InChI=1S/C23H26N2O4S/c1-4-29-22(28)9-8-20(26)24-18-7-5-6-17(13-18)23-25(21(27)14-30-23)19-11-15(2)10-16(3)12-19/h5-7,10-13,23H,4,8-9,14H2,1-3H3,(H,24,26)/t23-/m0/s1. The van der Waals surface area contributed by atoms with Gasteiger partial charge in [0.2, 0.25) is 11.8 Å². The molecule has 30 heavy (non-hydrogen) atoms. The van der Waals surface area contributed by atoms with Crippen molar-refractivity contribution in [2.24, 2.45) is 0 Å². The number of ether oxygens (including phenoxy) is 1. The summed E-state index contributed by atoms with van der Waals surface area (Å²) in [6.07, 6.45) is 0.112. The molecule has 0 radical (unpaired) electrons. The first-order valence-electron chi connectivity index (χ1n) is 9.94. The second-order valence-corrected chi connectivity index (χ2v) is 8.32. The monoisotopic (exact) mass is 426 g/mol. The molecule has 0 spiro atoms. The number of amides is 2. The normalized spacial score (nSPS) is 15.9. The average Bonchev–Trinajstić information content (AvgIpc) is 3.08. The number of hydrogen-bond acceptors (Lipinski definition) is 5. The Hall–Kier alpha value is -2.80. The Labute approximate surface area is 181 Å². The highest BCUT2D eigenvalue weighted by Crippen LogP contribution is 2.42. The summed E-state index contributed by atoms with van der Waals surface area (Å²) in [5.41, 5.74) is 4.68. The molecular formula is C23H26N2O4S. The zero-order chi connectivity index (χ0) is 21.7. The Kier molecular flexibility index (Phi) is 7.15. The van der Waals surface area contributed by atoms with Crippen LogP contribution in [0.2, 0.25) is 0 Å². The number of thioether (sulfide) groups is 1. The van der Waals surface area contributed by atoms with Crippen molar-refractivity contribution in [3.63, 3.8) is 0 Å². The summed E-state index contributed by atoms with van der Waals surface area (Å²) in [7, 11) is 0. The first-order valence-corrected chi connectivity index (χ1v) is 11.0. The van der Waals surface area contributed by atoms with Crippen LogP contribution in [0.1, 0.15) is 41.8 Å². The molecule has 0 saturated carbocycles. The van der Waals surface area contributed by atoms with Crippen LogP contribution in [-0.4, -0.2) is 30.1 Å². The van der Waals surface area contributed by atoms with E-state index in [0.29, 0.717) is 18.0 Å². The minimum atomic E-state index is -0.383. The number of anilines is 2. The molecule has 0 aliphatic carbocycles. The van der Waals surface area contributed by atoms with Gasteiger partial charge < -0.3 is 10.1 Å². The minimum Gasteiger partial charge on any atom is -0.466 e. The van der Waals surface area contributed by atoms with Crippen molar-refractivity contribution >= 4 is 40.9 Å². The van der Waals surface area contributed by atoms with Crippen molar-refractivity contribution < 1.29 is 19.1 Å². The molecule has 0 bridgehead atoms. The second-order valence-electron chi connectivity index (χ2n) is 7.25. The molecule has 158 valence electrons. The van der Waals surface area contributed by atoms with Crippen molar-refractivity contribution in [1.29, 1.82) is 0 Å². The van der Waals surface area contributed by atoms with Gasteiger partial charge in [0.1, 0.15) is 5.37 Å². The van der Waals surface area contributed by atoms with E-state index >= 15 is 0 Å². The zero-order valence-electron chi connectivity index (χ0n) is 17.4. The molecule has 3 rings (SSSR count). The molecule has 0 aromatic heterocycles. The molecule has 1 aliphatic heterocycles. The highest BCUT2D eigenvalue weighted by atomic mass is 32.2. The van der Waals surface area contributed by atoms with Gasteiger partial charge in [-0.1, -0.05) is 18.2 Å². The van der Waals surface area contributed by atoms with E-state index in [1.807, 2.05) is 49.1 Å². The summed E-state index contributed by atoms with van der Waals surface area (Å²) in [6.45, 7) is 6.07. The maximum atomic E-state index is 12.6. The first kappa shape index (κ1) is 21.9. The number of rotatable bonds is 7. The summed E-state index contributed by atoms with van der Waals surface area (Å²) in [5.74, 6) is -0.153. The number of carbonyl (C=O) groups excluding carboxylic acids is 3. The van der Waals surface area contributed by atoms with E-state index in [0.717, 1.165) is 22.4 Å². The number of esters is 1. The van der Waals surface area contributed by atoms with Gasteiger partial charge in [0, 0.05) is 17.8 Å². The van der Waals surface area contributed by atoms with E-state index in [-0.39, 0.29) is 36.0 Å². The van der Waals surface area contributed by atoms with Crippen LogP contribution in [0.25, 0.3) is 0 Å². The lowest BCUT2D eigenvalue weighted by Crippen LogP contribution is -2.28. The quantitative estimate of drug-likeness (QED) is 0.666. The van der Waals surface area contributed by atoms with Crippen molar-refractivity contribution in [3.8, 4) is 0 Å². The van der Waals surface area contributed by atoms with Gasteiger partial charge >= 0.3 is 5.97 Å². The average molecular weight is 427 g/mol. The molecule has 2 aromatic carbocycles. The van der Waals surface area contributed by atoms with E-state index in [4.69, 9.17) is 4.74 Å². The van der Waals surface area contributed by atoms with Crippen molar-refractivity contribution in [1.82, 2.24) is 0 Å². The Morgan fingerprint density at radius 1 is 1.13 bits per heavy atom. The van der Waals surface area contributed by atoms with Gasteiger partial charge in [-0.15, -0.1) is 11.8 Å². The molecule has 2 amide bonds. The number of nitrogens with zero attached hydrogens (tertiary/aromatic N) is 1. The minimum absolute atomic E-state index is 0.0484. The molecule has 1 aliphatic rings. The number of carbonyl (C=O) groups is 3. The Morgan fingerprint density at radius 3 is 2.57 bits per heavy atom. The van der Waals surface area contributed by atoms with E-state index in [1.54, 1.807) is 24.8 Å². The maximum Gasteiger partial charge on any atom is 0.306 e. The first-order chi connectivity index (χ1) is 14.4. The van der Waals surface area contributed by atoms with Gasteiger partial charge in [0.25, 0.3) is 0 Å². The van der Waals surface area contributed by atoms with Crippen LogP contribution in [0, 0.1) is 13.8 Å². The molecule has 1 fully saturated rings. The summed E-state index contributed by atoms with van der Waals surface area (Å²) < 4.78 is 4.85. The Balaban J connectivity index is 1.75. The summed E-state index contributed by atoms with van der Waals surface area (Å²) in [5, 5.41) is 2.67. The highest BCUT2D eigenvalue weighted by molar-refractivity contribution is 8.00. The lowest BCUT2D eigenvalue weighted by Gasteiger charge is -2.25. The van der Waals surface area contributed by atoms with Crippen molar-refractivity contribution in [3.05, 3.63) is 59.2 Å². The molecule has 1 heterocycles. The van der Waals surface area contributed by atoms with Crippen LogP contribution >= 0.6 is 11.8 Å². The number of aryl methyl sites for hydroxylation is 2. The van der Waals surface area contributed by atoms with Gasteiger partial charge in [0.05, 0.1) is 18.8 Å². The smallest absolute Gasteiger partial charge is 0.306 e. The van der Waals surface area contributed by atoms with Crippen LogP contribution in [0.15, 0.2) is 42.5 Å². The fourth-order valence-corrected chi connectivity index (χ4v) is 4.65. The van der Waals surface area contributed by atoms with Crippen molar-refractivity contribution in [2.75, 3.05) is 22.6 Å². The molecule has 1 N–H and O–H groups in total. The van der Waals surface area contributed by atoms with Crippen LogP contribution in [0.4, 0.5) is 11.4 Å². The largest absolute Gasteiger partial charge is 0.466 e. The van der Waals surface area contributed by atoms with Gasteiger partial charge in [-0.05, 0) is 61.7 Å². The maximum absolute atomic E-state index is 12.6.